The first-order valence-corrected chi connectivity index (χ1v) is 7.63. The third-order valence-corrected chi connectivity index (χ3v) is 2.87. The van der Waals surface area contributed by atoms with E-state index >= 15 is 0 Å². The van der Waals surface area contributed by atoms with Crippen LogP contribution in [0.4, 0.5) is 0 Å². The Hall–Kier alpha value is -1.67. The zero-order chi connectivity index (χ0) is 16.8. The molecule has 0 heterocycles. The van der Waals surface area contributed by atoms with Gasteiger partial charge in [-0.2, -0.15) is 0 Å². The van der Waals surface area contributed by atoms with Crippen molar-refractivity contribution in [2.24, 2.45) is 5.73 Å². The van der Waals surface area contributed by atoms with E-state index in [9.17, 15) is 4.79 Å². The summed E-state index contributed by atoms with van der Waals surface area (Å²) in [6.45, 7) is 3.97. The summed E-state index contributed by atoms with van der Waals surface area (Å²) >= 11 is 0. The van der Waals surface area contributed by atoms with Crippen LogP contribution >= 0.6 is 0 Å². The van der Waals surface area contributed by atoms with E-state index in [1.807, 2.05) is 0 Å². The lowest BCUT2D eigenvalue weighted by molar-refractivity contribution is 0.0166. The SMILES string of the molecule is COc1cccc(C(=O)NCCOCCOCCOCCN)c1. The summed E-state index contributed by atoms with van der Waals surface area (Å²) in [7, 11) is 1.57. The third kappa shape index (κ3) is 9.14. The smallest absolute Gasteiger partial charge is 0.251 e. The topological polar surface area (TPSA) is 92.0 Å². The third-order valence-electron chi connectivity index (χ3n) is 2.87. The van der Waals surface area contributed by atoms with Crippen molar-refractivity contribution >= 4 is 5.91 Å². The van der Waals surface area contributed by atoms with E-state index in [0.29, 0.717) is 64.0 Å². The van der Waals surface area contributed by atoms with E-state index in [0.717, 1.165) is 0 Å². The normalized spacial score (nSPS) is 10.5. The van der Waals surface area contributed by atoms with Crippen LogP contribution < -0.4 is 15.8 Å². The number of benzene rings is 1. The molecular formula is C16H26N2O5. The Morgan fingerprint density at radius 3 is 2.35 bits per heavy atom. The van der Waals surface area contributed by atoms with Gasteiger partial charge in [0.15, 0.2) is 0 Å². The fourth-order valence-corrected chi connectivity index (χ4v) is 1.73. The number of nitrogens with one attached hydrogen (secondary N) is 1. The van der Waals surface area contributed by atoms with Crippen LogP contribution in [-0.4, -0.2) is 65.7 Å². The molecule has 0 unspecified atom stereocenters. The van der Waals surface area contributed by atoms with E-state index in [2.05, 4.69) is 5.32 Å². The summed E-state index contributed by atoms with van der Waals surface area (Å²) in [5.74, 6) is 0.502. The molecule has 0 aliphatic heterocycles. The quantitative estimate of drug-likeness (QED) is 0.511. The highest BCUT2D eigenvalue weighted by molar-refractivity contribution is 5.94. The van der Waals surface area contributed by atoms with Crippen molar-refractivity contribution in [3.63, 3.8) is 0 Å². The van der Waals surface area contributed by atoms with Gasteiger partial charge in [-0.05, 0) is 18.2 Å². The molecule has 0 aromatic heterocycles. The average molecular weight is 326 g/mol. The number of hydrogen-bond acceptors (Lipinski definition) is 6. The summed E-state index contributed by atoms with van der Waals surface area (Å²) in [6, 6.07) is 7.00. The van der Waals surface area contributed by atoms with Gasteiger partial charge in [-0.1, -0.05) is 6.07 Å². The van der Waals surface area contributed by atoms with Gasteiger partial charge in [0.2, 0.25) is 0 Å². The summed E-state index contributed by atoms with van der Waals surface area (Å²) in [5, 5.41) is 2.78. The molecule has 130 valence electrons. The van der Waals surface area contributed by atoms with Gasteiger partial charge in [-0.25, -0.2) is 0 Å². The van der Waals surface area contributed by atoms with Crippen LogP contribution in [0.1, 0.15) is 10.4 Å². The second kappa shape index (κ2) is 12.8. The van der Waals surface area contributed by atoms with Crippen molar-refractivity contribution in [2.45, 2.75) is 0 Å². The minimum atomic E-state index is -0.152. The lowest BCUT2D eigenvalue weighted by Crippen LogP contribution is -2.27. The maximum Gasteiger partial charge on any atom is 0.251 e. The van der Waals surface area contributed by atoms with Crippen molar-refractivity contribution in [1.29, 1.82) is 0 Å². The number of ether oxygens (including phenoxy) is 4. The zero-order valence-corrected chi connectivity index (χ0v) is 13.6. The first kappa shape index (κ1) is 19.4. The summed E-state index contributed by atoms with van der Waals surface area (Å²) in [5.41, 5.74) is 5.85. The fraction of sp³-hybridized carbons (Fsp3) is 0.562. The highest BCUT2D eigenvalue weighted by Crippen LogP contribution is 2.12. The first-order chi connectivity index (χ1) is 11.3. The van der Waals surface area contributed by atoms with Crippen LogP contribution in [0.25, 0.3) is 0 Å². The second-order valence-corrected chi connectivity index (χ2v) is 4.61. The molecule has 0 radical (unpaired) electrons. The zero-order valence-electron chi connectivity index (χ0n) is 13.6. The van der Waals surface area contributed by atoms with E-state index in [4.69, 9.17) is 24.7 Å². The highest BCUT2D eigenvalue weighted by atomic mass is 16.5. The van der Waals surface area contributed by atoms with E-state index in [-0.39, 0.29) is 5.91 Å². The average Bonchev–Trinajstić information content (AvgIpc) is 2.59. The van der Waals surface area contributed by atoms with E-state index < -0.39 is 0 Å². The number of rotatable bonds is 13. The standard InChI is InChI=1S/C16H26N2O5/c1-20-15-4-2-3-14(13-15)16(19)18-6-8-22-10-12-23-11-9-21-7-5-17/h2-4,13H,5-12,17H2,1H3,(H,18,19). The number of hydrogen-bond donors (Lipinski definition) is 2. The Morgan fingerprint density at radius 1 is 1.04 bits per heavy atom. The van der Waals surface area contributed by atoms with Gasteiger partial charge in [0, 0.05) is 18.7 Å². The summed E-state index contributed by atoms with van der Waals surface area (Å²) < 4.78 is 20.9. The van der Waals surface area contributed by atoms with Crippen molar-refractivity contribution in [1.82, 2.24) is 5.32 Å². The molecule has 0 saturated heterocycles. The molecule has 0 aliphatic rings. The molecule has 0 aliphatic carbocycles. The number of amides is 1. The van der Waals surface area contributed by atoms with Gasteiger partial charge in [0.25, 0.3) is 5.91 Å². The monoisotopic (exact) mass is 326 g/mol. The minimum Gasteiger partial charge on any atom is -0.497 e. The molecule has 23 heavy (non-hydrogen) atoms. The molecule has 1 aromatic carbocycles. The largest absolute Gasteiger partial charge is 0.497 e. The molecule has 3 N–H and O–H groups in total. The molecule has 0 saturated carbocycles. The summed E-state index contributed by atoms with van der Waals surface area (Å²) in [6.07, 6.45) is 0. The summed E-state index contributed by atoms with van der Waals surface area (Å²) in [4.78, 5) is 11.9. The maximum absolute atomic E-state index is 11.9. The lowest BCUT2D eigenvalue weighted by atomic mass is 10.2. The fourth-order valence-electron chi connectivity index (χ4n) is 1.73. The van der Waals surface area contributed by atoms with Gasteiger partial charge < -0.3 is 30.0 Å². The Morgan fingerprint density at radius 2 is 1.70 bits per heavy atom. The van der Waals surface area contributed by atoms with Crippen LogP contribution in [-0.2, 0) is 14.2 Å². The Balaban J connectivity index is 1.99. The molecule has 0 spiro atoms. The van der Waals surface area contributed by atoms with Crippen LogP contribution in [0.2, 0.25) is 0 Å². The maximum atomic E-state index is 11.9. The molecule has 1 aromatic rings. The Labute approximate surface area is 137 Å². The molecule has 0 fully saturated rings. The van der Waals surface area contributed by atoms with Crippen LogP contribution in [0.5, 0.6) is 5.75 Å². The van der Waals surface area contributed by atoms with Crippen molar-refractivity contribution < 1.29 is 23.7 Å². The first-order valence-electron chi connectivity index (χ1n) is 7.63. The van der Waals surface area contributed by atoms with Crippen molar-refractivity contribution in [3.8, 4) is 5.75 Å². The van der Waals surface area contributed by atoms with Crippen molar-refractivity contribution in [2.75, 3.05) is 59.8 Å². The number of carbonyl (C=O) groups is 1. The van der Waals surface area contributed by atoms with E-state index in [1.54, 1.807) is 31.4 Å². The molecule has 0 atom stereocenters. The molecule has 1 rings (SSSR count). The van der Waals surface area contributed by atoms with Crippen LogP contribution in [0.15, 0.2) is 24.3 Å². The van der Waals surface area contributed by atoms with Gasteiger partial charge in [-0.15, -0.1) is 0 Å². The van der Waals surface area contributed by atoms with E-state index in [1.165, 1.54) is 0 Å². The second-order valence-electron chi connectivity index (χ2n) is 4.61. The number of nitrogens with two attached hydrogens (primary N) is 1. The van der Waals surface area contributed by atoms with Crippen LogP contribution in [0.3, 0.4) is 0 Å². The molecule has 0 bridgehead atoms. The van der Waals surface area contributed by atoms with Gasteiger partial charge in [0.05, 0.1) is 46.8 Å². The van der Waals surface area contributed by atoms with Gasteiger partial charge in [-0.3, -0.25) is 4.79 Å². The van der Waals surface area contributed by atoms with Gasteiger partial charge in [0.1, 0.15) is 5.75 Å². The molecule has 7 nitrogen and oxygen atoms in total. The Bertz CT molecular complexity index is 442. The molecular weight excluding hydrogens is 300 g/mol. The molecule has 7 heteroatoms. The van der Waals surface area contributed by atoms with Crippen LogP contribution in [0, 0.1) is 0 Å². The van der Waals surface area contributed by atoms with Crippen molar-refractivity contribution in [3.05, 3.63) is 29.8 Å². The predicted octanol–water partition coefficient (Wildman–Crippen LogP) is 0.434. The Kier molecular flexibility index (Phi) is 10.8. The predicted molar refractivity (Wildman–Crippen MR) is 86.8 cm³/mol. The number of carbonyl (C=O) groups excluding carboxylic acids is 1. The lowest BCUT2D eigenvalue weighted by Gasteiger charge is -2.08. The highest BCUT2D eigenvalue weighted by Gasteiger charge is 2.05. The molecule has 1 amide bonds. The minimum absolute atomic E-state index is 0.152. The number of methoxy groups -OCH3 is 1. The van der Waals surface area contributed by atoms with Gasteiger partial charge >= 0.3 is 0 Å².